The minimum Gasteiger partial charge on any atom is -0.504 e. The zero-order chi connectivity index (χ0) is 26.9. The number of ketones is 1. The highest BCUT2D eigenvalue weighted by Crippen LogP contribution is 2.32. The van der Waals surface area contributed by atoms with Crippen LogP contribution in [0.1, 0.15) is 19.4 Å². The Bertz CT molecular complexity index is 983. The van der Waals surface area contributed by atoms with Crippen molar-refractivity contribution >= 4 is 17.8 Å². The summed E-state index contributed by atoms with van der Waals surface area (Å²) < 4.78 is 15.5. The fraction of sp³-hybridized carbons (Fsp3) is 0.565. The molecular weight excluding hydrogens is 482 g/mol. The third kappa shape index (κ3) is 5.53. The molecule has 1 aliphatic carbocycles. The van der Waals surface area contributed by atoms with Crippen molar-refractivity contribution in [3.05, 3.63) is 29.3 Å². The molecule has 1 aromatic rings. The summed E-state index contributed by atoms with van der Waals surface area (Å²) in [5.41, 5.74) is 0.452. The van der Waals surface area contributed by atoms with Crippen LogP contribution >= 0.6 is 0 Å². The normalized spacial score (nSPS) is 37.0. The Morgan fingerprint density at radius 1 is 0.944 bits per heavy atom. The Morgan fingerprint density at radius 3 is 2.06 bits per heavy atom. The van der Waals surface area contributed by atoms with Gasteiger partial charge in [0.15, 0.2) is 17.3 Å². The number of rotatable bonds is 7. The highest BCUT2D eigenvalue weighted by molar-refractivity contribution is 5.97. The van der Waals surface area contributed by atoms with Crippen LogP contribution < -0.4 is 10.1 Å². The molecule has 2 fully saturated rings. The SMILES string of the molecule is COC1[C@@H](O)[C@H](O)C(NC(=O)/C(C)=C/c2ccc(O[C@@H]3O[C@@H](C(C)=O)[C@@H](O)[C@@H]3O)c(O)c2)[C@H](O)[C@H]1O. The van der Waals surface area contributed by atoms with Crippen molar-refractivity contribution in [1.82, 2.24) is 5.32 Å². The number of aliphatic hydroxyl groups excluding tert-OH is 6. The molecule has 8 N–H and O–H groups in total. The van der Waals surface area contributed by atoms with Crippen LogP contribution in [-0.4, -0.2) is 116 Å². The van der Waals surface area contributed by atoms with Crippen LogP contribution in [-0.2, 0) is 19.1 Å². The van der Waals surface area contributed by atoms with Gasteiger partial charge < -0.3 is 55.3 Å². The second-order valence-corrected chi connectivity index (χ2v) is 8.85. The van der Waals surface area contributed by atoms with Gasteiger partial charge >= 0.3 is 0 Å². The quantitative estimate of drug-likeness (QED) is 0.173. The summed E-state index contributed by atoms with van der Waals surface area (Å²) in [5, 5.41) is 73.4. The number of hydrogen-bond donors (Lipinski definition) is 8. The topological polar surface area (TPSA) is 215 Å². The summed E-state index contributed by atoms with van der Waals surface area (Å²) in [4.78, 5) is 24.1. The van der Waals surface area contributed by atoms with Gasteiger partial charge in [-0.05, 0) is 37.6 Å². The smallest absolute Gasteiger partial charge is 0.247 e. The van der Waals surface area contributed by atoms with E-state index < -0.39 is 72.9 Å². The maximum Gasteiger partial charge on any atom is 0.247 e. The lowest BCUT2D eigenvalue weighted by atomic mass is 9.83. The summed E-state index contributed by atoms with van der Waals surface area (Å²) in [6.45, 7) is 2.62. The van der Waals surface area contributed by atoms with E-state index in [1.54, 1.807) is 0 Å². The van der Waals surface area contributed by atoms with Crippen molar-refractivity contribution in [2.75, 3.05) is 7.11 Å². The van der Waals surface area contributed by atoms with Crippen LogP contribution in [0.4, 0.5) is 0 Å². The number of phenolic OH excluding ortho intramolecular Hbond substituents is 1. The second-order valence-electron chi connectivity index (χ2n) is 8.85. The van der Waals surface area contributed by atoms with E-state index in [9.17, 15) is 45.3 Å². The Labute approximate surface area is 206 Å². The monoisotopic (exact) mass is 513 g/mol. The summed E-state index contributed by atoms with van der Waals surface area (Å²) in [7, 11) is 1.20. The van der Waals surface area contributed by atoms with Crippen molar-refractivity contribution in [3.8, 4) is 11.5 Å². The van der Waals surface area contributed by atoms with E-state index in [1.165, 1.54) is 45.2 Å². The molecule has 1 saturated carbocycles. The molecule has 1 amide bonds. The van der Waals surface area contributed by atoms with Gasteiger partial charge in [-0.1, -0.05) is 6.07 Å². The number of phenols is 1. The highest BCUT2D eigenvalue weighted by atomic mass is 16.7. The standard InChI is InChI=1S/C23H31NO12/c1-8(22(33)24-13-14(27)16(29)21(34-3)17(30)15(13)28)6-10-4-5-12(11(26)7-10)35-23-19(32)18(31)20(36-23)9(2)25/h4-7,13-21,23,26-32H,1-3H3,(H,24,33)/b8-6+/t13?,14-,15+,16+,17-,18-,19-,20-,21?,23+/m0/s1. The van der Waals surface area contributed by atoms with E-state index in [0.717, 1.165) is 0 Å². The lowest BCUT2D eigenvalue weighted by molar-refractivity contribution is -0.199. The number of amides is 1. The van der Waals surface area contributed by atoms with Gasteiger partial charge in [-0.3, -0.25) is 9.59 Å². The van der Waals surface area contributed by atoms with Gasteiger partial charge in [0.2, 0.25) is 12.2 Å². The van der Waals surface area contributed by atoms with Crippen molar-refractivity contribution in [1.29, 1.82) is 0 Å². The maximum absolute atomic E-state index is 12.6. The molecule has 1 aliphatic heterocycles. The van der Waals surface area contributed by atoms with E-state index in [0.29, 0.717) is 5.56 Å². The van der Waals surface area contributed by atoms with Gasteiger partial charge in [0.1, 0.15) is 48.8 Å². The number of hydrogen-bond acceptors (Lipinski definition) is 12. The second kappa shape index (κ2) is 11.2. The van der Waals surface area contributed by atoms with Crippen molar-refractivity contribution in [3.63, 3.8) is 0 Å². The fourth-order valence-electron chi connectivity index (χ4n) is 4.18. The van der Waals surface area contributed by atoms with Crippen LogP contribution in [0, 0.1) is 0 Å². The van der Waals surface area contributed by atoms with E-state index in [2.05, 4.69) is 5.32 Å². The number of aromatic hydroxyl groups is 1. The largest absolute Gasteiger partial charge is 0.504 e. The first-order chi connectivity index (χ1) is 16.9. The third-order valence-corrected chi connectivity index (χ3v) is 6.27. The molecule has 2 unspecified atom stereocenters. The van der Waals surface area contributed by atoms with Gasteiger partial charge in [-0.25, -0.2) is 0 Å². The number of aliphatic hydroxyl groups is 6. The van der Waals surface area contributed by atoms with Crippen molar-refractivity contribution < 1.29 is 59.5 Å². The molecule has 1 aromatic carbocycles. The third-order valence-electron chi connectivity index (χ3n) is 6.27. The zero-order valence-electron chi connectivity index (χ0n) is 19.8. The molecule has 200 valence electrons. The van der Waals surface area contributed by atoms with Gasteiger partial charge in [0.25, 0.3) is 0 Å². The predicted octanol–water partition coefficient (Wildman–Crippen LogP) is -2.83. The molecule has 10 atom stereocenters. The number of benzene rings is 1. The number of Topliss-reactive ketones (excluding diaryl/α,β-unsaturated/α-hetero) is 1. The van der Waals surface area contributed by atoms with Crippen LogP contribution in [0.2, 0.25) is 0 Å². The molecule has 0 spiro atoms. The van der Waals surface area contributed by atoms with Gasteiger partial charge in [-0.15, -0.1) is 0 Å². The van der Waals surface area contributed by atoms with Crippen LogP contribution in [0.5, 0.6) is 11.5 Å². The predicted molar refractivity (Wildman–Crippen MR) is 120 cm³/mol. The lowest BCUT2D eigenvalue weighted by Gasteiger charge is -2.43. The molecule has 2 aliphatic rings. The summed E-state index contributed by atoms with van der Waals surface area (Å²) in [6.07, 6.45) is -11.9. The fourth-order valence-corrected chi connectivity index (χ4v) is 4.18. The Hall–Kier alpha value is -2.62. The van der Waals surface area contributed by atoms with Gasteiger partial charge in [0.05, 0.1) is 6.04 Å². The van der Waals surface area contributed by atoms with E-state index in [-0.39, 0.29) is 17.1 Å². The number of methoxy groups -OCH3 is 1. The summed E-state index contributed by atoms with van der Waals surface area (Å²) >= 11 is 0. The Kier molecular flexibility index (Phi) is 8.69. The summed E-state index contributed by atoms with van der Waals surface area (Å²) in [6, 6.07) is 2.65. The maximum atomic E-state index is 12.6. The molecule has 13 heteroatoms. The lowest BCUT2D eigenvalue weighted by Crippen LogP contribution is -2.68. The van der Waals surface area contributed by atoms with E-state index >= 15 is 0 Å². The van der Waals surface area contributed by atoms with Crippen LogP contribution in [0.25, 0.3) is 6.08 Å². The number of ether oxygens (including phenoxy) is 3. The molecule has 0 aromatic heterocycles. The van der Waals surface area contributed by atoms with Crippen molar-refractivity contribution in [2.24, 2.45) is 0 Å². The molecule has 3 rings (SSSR count). The average molecular weight is 513 g/mol. The van der Waals surface area contributed by atoms with Crippen LogP contribution in [0.3, 0.4) is 0 Å². The highest BCUT2D eigenvalue weighted by Gasteiger charge is 2.50. The number of carbonyl (C=O) groups is 2. The zero-order valence-corrected chi connectivity index (χ0v) is 19.8. The minimum absolute atomic E-state index is 0.0993. The molecule has 1 heterocycles. The summed E-state index contributed by atoms with van der Waals surface area (Å²) in [5.74, 6) is -1.72. The van der Waals surface area contributed by atoms with Gasteiger partial charge in [0, 0.05) is 12.7 Å². The first-order valence-electron chi connectivity index (χ1n) is 11.1. The molecule has 0 radical (unpaired) electrons. The first-order valence-corrected chi connectivity index (χ1v) is 11.1. The molecule has 36 heavy (non-hydrogen) atoms. The Morgan fingerprint density at radius 2 is 1.56 bits per heavy atom. The van der Waals surface area contributed by atoms with E-state index in [1.807, 2.05) is 0 Å². The van der Waals surface area contributed by atoms with Gasteiger partial charge in [-0.2, -0.15) is 0 Å². The number of nitrogens with one attached hydrogen (secondary N) is 1. The first kappa shape index (κ1) is 28.0. The minimum atomic E-state index is -1.61. The molecular formula is C23H31NO12. The van der Waals surface area contributed by atoms with Crippen molar-refractivity contribution in [2.45, 2.75) is 75.0 Å². The average Bonchev–Trinajstić information content (AvgIpc) is 3.11. The van der Waals surface area contributed by atoms with E-state index in [4.69, 9.17) is 14.2 Å². The molecule has 1 saturated heterocycles. The molecule has 0 bridgehead atoms. The molecule has 13 nitrogen and oxygen atoms in total. The number of carbonyl (C=O) groups excluding carboxylic acids is 2. The van der Waals surface area contributed by atoms with Crippen LogP contribution in [0.15, 0.2) is 23.8 Å². The Balaban J connectivity index is 1.68.